The molecule has 3 aliphatic carbocycles. The maximum Gasteiger partial charge on any atom is 0.189 e. The smallest absolute Gasteiger partial charge is 0.189 e. The highest BCUT2D eigenvalue weighted by Gasteiger charge is 2.50. The molecule has 0 aliphatic heterocycles. The van der Waals surface area contributed by atoms with Crippen LogP contribution in [0.5, 0.6) is 0 Å². The van der Waals surface area contributed by atoms with Gasteiger partial charge in [-0.05, 0) is 79.5 Å². The number of hydrogen-bond acceptors (Lipinski definition) is 2. The molecule has 0 aromatic heterocycles. The van der Waals surface area contributed by atoms with Crippen LogP contribution in [0.15, 0.2) is 23.3 Å². The zero-order valence-corrected chi connectivity index (χ0v) is 16.1. The Labute approximate surface area is 150 Å². The van der Waals surface area contributed by atoms with Crippen LogP contribution in [0.3, 0.4) is 0 Å². The third-order valence-electron chi connectivity index (χ3n) is 7.52. The molecule has 1 aromatic carbocycles. The summed E-state index contributed by atoms with van der Waals surface area (Å²) in [6.07, 6.45) is 5.91. The third-order valence-corrected chi connectivity index (χ3v) is 7.52. The van der Waals surface area contributed by atoms with Crippen LogP contribution >= 0.6 is 0 Å². The van der Waals surface area contributed by atoms with Crippen molar-refractivity contribution in [3.05, 3.63) is 45.5 Å². The summed E-state index contributed by atoms with van der Waals surface area (Å²) in [4.78, 5) is 25.6. The van der Waals surface area contributed by atoms with Crippen molar-refractivity contribution in [2.24, 2.45) is 11.3 Å². The quantitative estimate of drug-likeness (QED) is 0.633. The van der Waals surface area contributed by atoms with E-state index in [-0.39, 0.29) is 17.0 Å². The Bertz CT molecular complexity index is 840. The predicted octanol–water partition coefficient (Wildman–Crippen LogP) is 5.43. The second-order valence-corrected chi connectivity index (χ2v) is 9.31. The van der Waals surface area contributed by atoms with E-state index in [9.17, 15) is 9.59 Å². The summed E-state index contributed by atoms with van der Waals surface area (Å²) >= 11 is 0. The monoisotopic (exact) mass is 336 g/mol. The minimum atomic E-state index is 0.0335. The molecule has 1 aromatic rings. The molecular weight excluding hydrogens is 308 g/mol. The van der Waals surface area contributed by atoms with Gasteiger partial charge in [0.25, 0.3) is 0 Å². The number of allylic oxidation sites excluding steroid dienone is 2. The summed E-state index contributed by atoms with van der Waals surface area (Å²) in [5.74, 6) is 0.717. The van der Waals surface area contributed by atoms with Crippen molar-refractivity contribution in [2.75, 3.05) is 0 Å². The first-order valence-corrected chi connectivity index (χ1v) is 9.61. The fourth-order valence-electron chi connectivity index (χ4n) is 5.96. The Kier molecular flexibility index (Phi) is 3.45. The standard InChI is InChI=1S/C23H28O2/c1-13-14(2)21(25)17-12-18-15(11-16(17)20(13)24)7-8-19-22(3,4)9-6-10-23(18,19)5/h11-12,19H,6-10H2,1-5H3/t19-,23+/m0/s1. The van der Waals surface area contributed by atoms with E-state index < -0.39 is 0 Å². The molecule has 0 heterocycles. The van der Waals surface area contributed by atoms with E-state index in [1.807, 2.05) is 6.07 Å². The largest absolute Gasteiger partial charge is 0.289 e. The predicted molar refractivity (Wildman–Crippen MR) is 100 cm³/mol. The lowest BCUT2D eigenvalue weighted by atomic mass is 9.50. The number of fused-ring (bicyclic) bond motifs is 4. The van der Waals surface area contributed by atoms with Gasteiger partial charge < -0.3 is 0 Å². The molecule has 0 bridgehead atoms. The molecule has 132 valence electrons. The second-order valence-electron chi connectivity index (χ2n) is 9.31. The van der Waals surface area contributed by atoms with Crippen LogP contribution in [0.25, 0.3) is 0 Å². The van der Waals surface area contributed by atoms with Crippen molar-refractivity contribution in [2.45, 2.75) is 72.1 Å². The van der Waals surface area contributed by atoms with Gasteiger partial charge in [0.2, 0.25) is 0 Å². The summed E-state index contributed by atoms with van der Waals surface area (Å²) in [6.45, 7) is 10.8. The Morgan fingerprint density at radius 3 is 2.16 bits per heavy atom. The fourth-order valence-corrected chi connectivity index (χ4v) is 5.96. The molecule has 25 heavy (non-hydrogen) atoms. The number of carbonyl (C=O) groups is 2. The van der Waals surface area contributed by atoms with Gasteiger partial charge in [-0.3, -0.25) is 9.59 Å². The molecule has 0 amide bonds. The number of aryl methyl sites for hydroxylation is 1. The highest BCUT2D eigenvalue weighted by molar-refractivity contribution is 6.26. The van der Waals surface area contributed by atoms with Crippen molar-refractivity contribution in [1.29, 1.82) is 0 Å². The number of ketones is 2. The normalized spacial score (nSPS) is 30.7. The third kappa shape index (κ3) is 2.16. The highest BCUT2D eigenvalue weighted by Crippen LogP contribution is 2.57. The molecule has 0 spiro atoms. The van der Waals surface area contributed by atoms with Gasteiger partial charge in [0.1, 0.15) is 0 Å². The van der Waals surface area contributed by atoms with Gasteiger partial charge in [-0.25, -0.2) is 0 Å². The van der Waals surface area contributed by atoms with Gasteiger partial charge >= 0.3 is 0 Å². The molecule has 0 N–H and O–H groups in total. The van der Waals surface area contributed by atoms with Gasteiger partial charge in [0.15, 0.2) is 11.6 Å². The molecular formula is C23H28O2. The molecule has 0 unspecified atom stereocenters. The fraction of sp³-hybridized carbons (Fsp3) is 0.565. The molecule has 0 radical (unpaired) electrons. The van der Waals surface area contributed by atoms with Crippen molar-refractivity contribution in [3.8, 4) is 0 Å². The molecule has 2 heteroatoms. The van der Waals surface area contributed by atoms with Crippen molar-refractivity contribution in [1.82, 2.24) is 0 Å². The minimum Gasteiger partial charge on any atom is -0.289 e. The number of rotatable bonds is 0. The van der Waals surface area contributed by atoms with E-state index >= 15 is 0 Å². The zero-order chi connectivity index (χ0) is 18.1. The lowest BCUT2D eigenvalue weighted by Crippen LogP contribution is -2.48. The van der Waals surface area contributed by atoms with Crippen molar-refractivity contribution >= 4 is 11.6 Å². The van der Waals surface area contributed by atoms with Crippen LogP contribution < -0.4 is 0 Å². The van der Waals surface area contributed by atoms with Crippen LogP contribution in [-0.2, 0) is 11.8 Å². The van der Waals surface area contributed by atoms with E-state index in [2.05, 4.69) is 26.8 Å². The Morgan fingerprint density at radius 2 is 1.52 bits per heavy atom. The number of hydrogen-bond donors (Lipinski definition) is 0. The van der Waals surface area contributed by atoms with Crippen LogP contribution in [0.1, 0.15) is 92.1 Å². The van der Waals surface area contributed by atoms with Crippen molar-refractivity contribution < 1.29 is 9.59 Å². The number of carbonyl (C=O) groups excluding carboxylic acids is 2. The zero-order valence-electron chi connectivity index (χ0n) is 16.1. The van der Waals surface area contributed by atoms with E-state index in [1.54, 1.807) is 13.8 Å². The van der Waals surface area contributed by atoms with Gasteiger partial charge in [0, 0.05) is 22.3 Å². The molecule has 3 aliphatic rings. The molecule has 1 fully saturated rings. The van der Waals surface area contributed by atoms with Gasteiger partial charge in [-0.1, -0.05) is 27.2 Å². The first kappa shape index (κ1) is 16.8. The highest BCUT2D eigenvalue weighted by atomic mass is 16.1. The second kappa shape index (κ2) is 5.16. The average Bonchev–Trinajstić information content (AvgIpc) is 2.56. The maximum absolute atomic E-state index is 12.8. The summed E-state index contributed by atoms with van der Waals surface area (Å²) in [6, 6.07) is 4.14. The molecule has 0 saturated heterocycles. The van der Waals surface area contributed by atoms with Crippen LogP contribution in [0.4, 0.5) is 0 Å². The lowest BCUT2D eigenvalue weighted by Gasteiger charge is -2.54. The molecule has 4 rings (SSSR count). The Morgan fingerprint density at radius 1 is 0.920 bits per heavy atom. The van der Waals surface area contributed by atoms with E-state index in [0.29, 0.717) is 33.6 Å². The minimum absolute atomic E-state index is 0.0335. The molecule has 2 nitrogen and oxygen atoms in total. The SMILES string of the molecule is CC1=C(C)C(=O)c2cc3c(cc2C1=O)CC[C@H]1C(C)(C)CCC[C@]31C. The first-order chi connectivity index (χ1) is 11.7. The summed E-state index contributed by atoms with van der Waals surface area (Å²) in [5.41, 5.74) is 5.58. The summed E-state index contributed by atoms with van der Waals surface area (Å²) in [5, 5.41) is 0. The van der Waals surface area contributed by atoms with Crippen molar-refractivity contribution in [3.63, 3.8) is 0 Å². The Balaban J connectivity index is 1.91. The van der Waals surface area contributed by atoms with Crippen LogP contribution in [-0.4, -0.2) is 11.6 Å². The maximum atomic E-state index is 12.8. The van der Waals surface area contributed by atoms with Crippen LogP contribution in [0.2, 0.25) is 0 Å². The lowest BCUT2D eigenvalue weighted by molar-refractivity contribution is 0.0406. The summed E-state index contributed by atoms with van der Waals surface area (Å²) in [7, 11) is 0. The van der Waals surface area contributed by atoms with E-state index in [0.717, 1.165) is 6.42 Å². The topological polar surface area (TPSA) is 34.1 Å². The molecule has 2 atom stereocenters. The number of Topliss-reactive ketones (excluding diaryl/α,β-unsaturated/α-hetero) is 2. The number of benzene rings is 1. The van der Waals surface area contributed by atoms with Gasteiger partial charge in [-0.2, -0.15) is 0 Å². The van der Waals surface area contributed by atoms with E-state index in [4.69, 9.17) is 0 Å². The van der Waals surface area contributed by atoms with E-state index in [1.165, 1.54) is 36.8 Å². The van der Waals surface area contributed by atoms with Gasteiger partial charge in [-0.15, -0.1) is 0 Å². The average molecular weight is 336 g/mol. The summed E-state index contributed by atoms with van der Waals surface area (Å²) < 4.78 is 0. The van der Waals surface area contributed by atoms with Crippen LogP contribution in [0, 0.1) is 11.3 Å². The molecule has 1 saturated carbocycles. The van der Waals surface area contributed by atoms with Gasteiger partial charge in [0.05, 0.1) is 0 Å². The Hall–Kier alpha value is -1.70. The first-order valence-electron chi connectivity index (χ1n) is 9.61.